The van der Waals surface area contributed by atoms with Crippen LogP contribution in [-0.4, -0.2) is 20.1 Å². The van der Waals surface area contributed by atoms with Crippen LogP contribution in [0.15, 0.2) is 18.2 Å². The van der Waals surface area contributed by atoms with Crippen LogP contribution in [0.4, 0.5) is 5.69 Å². The molecule has 1 unspecified atom stereocenters. The van der Waals surface area contributed by atoms with Gasteiger partial charge in [-0.15, -0.1) is 0 Å². The van der Waals surface area contributed by atoms with E-state index in [1.807, 2.05) is 0 Å². The van der Waals surface area contributed by atoms with E-state index in [0.717, 1.165) is 6.54 Å². The summed E-state index contributed by atoms with van der Waals surface area (Å²) in [5.41, 5.74) is 4.83. The van der Waals surface area contributed by atoms with Gasteiger partial charge in [-0.3, -0.25) is 0 Å². The van der Waals surface area contributed by atoms with Crippen LogP contribution in [-0.2, 0) is 6.42 Å². The zero-order chi connectivity index (χ0) is 12.8. The number of fused-ring (bicyclic) bond motifs is 1. The average Bonchev–Trinajstić information content (AvgIpc) is 2.69. The highest BCUT2D eigenvalue weighted by molar-refractivity contribution is 5.56. The normalized spacial score (nSPS) is 26.2. The second-order valence-electron chi connectivity index (χ2n) is 6.54. The van der Waals surface area contributed by atoms with E-state index in [4.69, 9.17) is 0 Å². The summed E-state index contributed by atoms with van der Waals surface area (Å²) in [5.74, 6) is 0. The molecule has 1 atom stereocenters. The third-order valence-corrected chi connectivity index (χ3v) is 4.69. The summed E-state index contributed by atoms with van der Waals surface area (Å²) in [6.07, 6.45) is 3.80. The predicted molar refractivity (Wildman–Crippen MR) is 77.2 cm³/mol. The molecule has 1 saturated heterocycles. The number of hydrogen-bond donors (Lipinski definition) is 1. The first-order valence-corrected chi connectivity index (χ1v) is 7.15. The zero-order valence-corrected chi connectivity index (χ0v) is 11.8. The molecule has 0 amide bonds. The molecule has 1 aromatic carbocycles. The van der Waals surface area contributed by atoms with Crippen LogP contribution in [0.3, 0.4) is 0 Å². The van der Waals surface area contributed by atoms with Gasteiger partial charge in [-0.2, -0.15) is 0 Å². The van der Waals surface area contributed by atoms with Gasteiger partial charge in [-0.1, -0.05) is 26.0 Å². The van der Waals surface area contributed by atoms with Crippen LogP contribution >= 0.6 is 0 Å². The van der Waals surface area contributed by atoms with Gasteiger partial charge in [0.1, 0.15) is 0 Å². The maximum atomic E-state index is 3.67. The Morgan fingerprint density at radius 1 is 1.33 bits per heavy atom. The third kappa shape index (κ3) is 1.93. The number of nitrogens with one attached hydrogen (secondary N) is 1. The first-order valence-electron chi connectivity index (χ1n) is 7.15. The lowest BCUT2D eigenvalue weighted by atomic mass is 9.80. The Kier molecular flexibility index (Phi) is 2.86. The second kappa shape index (κ2) is 4.27. The molecule has 2 nitrogen and oxygen atoms in total. The summed E-state index contributed by atoms with van der Waals surface area (Å²) in [7, 11) is 2.20. The van der Waals surface area contributed by atoms with Crippen LogP contribution < -0.4 is 10.2 Å². The molecule has 0 saturated carbocycles. The Morgan fingerprint density at radius 3 is 2.89 bits per heavy atom. The Bertz CT molecular complexity index is 450. The lowest BCUT2D eigenvalue weighted by Crippen LogP contribution is -2.26. The topological polar surface area (TPSA) is 15.3 Å². The summed E-state index contributed by atoms with van der Waals surface area (Å²) in [4.78, 5) is 2.38. The number of anilines is 1. The molecule has 2 aliphatic heterocycles. The Labute approximate surface area is 110 Å². The van der Waals surface area contributed by atoms with E-state index in [9.17, 15) is 0 Å². The highest BCUT2D eigenvalue weighted by Gasteiger charge is 2.35. The van der Waals surface area contributed by atoms with Gasteiger partial charge in [-0.25, -0.2) is 0 Å². The molecule has 0 aliphatic carbocycles. The SMILES string of the molecule is CN1CCCc2cc(C3NCCC3(C)C)ccc21. The molecule has 2 heterocycles. The molecule has 2 aliphatic rings. The van der Waals surface area contributed by atoms with Gasteiger partial charge in [-0.05, 0) is 48.4 Å². The van der Waals surface area contributed by atoms with Crippen LogP contribution in [0, 0.1) is 5.41 Å². The van der Waals surface area contributed by atoms with Gasteiger partial charge in [0.05, 0.1) is 0 Å². The minimum Gasteiger partial charge on any atom is -0.374 e. The Morgan fingerprint density at radius 2 is 2.17 bits per heavy atom. The van der Waals surface area contributed by atoms with E-state index >= 15 is 0 Å². The van der Waals surface area contributed by atoms with E-state index < -0.39 is 0 Å². The van der Waals surface area contributed by atoms with E-state index in [1.54, 1.807) is 0 Å². The fraction of sp³-hybridized carbons (Fsp3) is 0.625. The van der Waals surface area contributed by atoms with E-state index in [0.29, 0.717) is 11.5 Å². The predicted octanol–water partition coefficient (Wildman–Crippen LogP) is 3.13. The van der Waals surface area contributed by atoms with Crippen molar-refractivity contribution in [3.05, 3.63) is 29.3 Å². The van der Waals surface area contributed by atoms with Gasteiger partial charge in [0, 0.05) is 25.3 Å². The van der Waals surface area contributed by atoms with Crippen molar-refractivity contribution in [1.82, 2.24) is 5.32 Å². The quantitative estimate of drug-likeness (QED) is 0.816. The lowest BCUT2D eigenvalue weighted by molar-refractivity contribution is 0.320. The Hall–Kier alpha value is -1.02. The van der Waals surface area contributed by atoms with Gasteiger partial charge >= 0.3 is 0 Å². The zero-order valence-electron chi connectivity index (χ0n) is 11.8. The summed E-state index contributed by atoms with van der Waals surface area (Å²) in [6, 6.07) is 7.61. The number of nitrogens with zero attached hydrogens (tertiary/aromatic N) is 1. The van der Waals surface area contributed by atoms with Gasteiger partial charge in [0.2, 0.25) is 0 Å². The molecule has 3 rings (SSSR count). The summed E-state index contributed by atoms with van der Waals surface area (Å²) in [5, 5.41) is 3.67. The maximum Gasteiger partial charge on any atom is 0.0396 e. The number of benzene rings is 1. The molecule has 1 fully saturated rings. The smallest absolute Gasteiger partial charge is 0.0396 e. The Balaban J connectivity index is 1.95. The summed E-state index contributed by atoms with van der Waals surface area (Å²) >= 11 is 0. The molecule has 18 heavy (non-hydrogen) atoms. The number of hydrogen-bond acceptors (Lipinski definition) is 2. The van der Waals surface area contributed by atoms with Crippen molar-refractivity contribution < 1.29 is 0 Å². The van der Waals surface area contributed by atoms with Crippen LogP contribution in [0.25, 0.3) is 0 Å². The minimum absolute atomic E-state index is 0.384. The first kappa shape index (κ1) is 12.0. The fourth-order valence-corrected chi connectivity index (χ4v) is 3.51. The lowest BCUT2D eigenvalue weighted by Gasteiger charge is -2.31. The second-order valence-corrected chi connectivity index (χ2v) is 6.54. The molecule has 0 bridgehead atoms. The summed E-state index contributed by atoms with van der Waals surface area (Å²) < 4.78 is 0. The van der Waals surface area contributed by atoms with Crippen molar-refractivity contribution in [2.75, 3.05) is 25.0 Å². The maximum absolute atomic E-state index is 3.67. The molecule has 98 valence electrons. The highest BCUT2D eigenvalue weighted by atomic mass is 15.1. The van der Waals surface area contributed by atoms with Crippen molar-refractivity contribution in [2.24, 2.45) is 5.41 Å². The van der Waals surface area contributed by atoms with E-state index in [-0.39, 0.29) is 0 Å². The van der Waals surface area contributed by atoms with Crippen molar-refractivity contribution in [1.29, 1.82) is 0 Å². The number of aryl methyl sites for hydroxylation is 1. The van der Waals surface area contributed by atoms with Crippen molar-refractivity contribution >= 4 is 5.69 Å². The van der Waals surface area contributed by atoms with Crippen LogP contribution in [0.5, 0.6) is 0 Å². The standard InChI is InChI=1S/C16H24N2/c1-16(2)8-9-17-15(16)13-6-7-14-12(11-13)5-4-10-18(14)3/h6-7,11,15,17H,4-5,8-10H2,1-3H3. The van der Waals surface area contributed by atoms with Crippen LogP contribution in [0.1, 0.15) is 43.9 Å². The fourth-order valence-electron chi connectivity index (χ4n) is 3.51. The van der Waals surface area contributed by atoms with Gasteiger partial charge in [0.25, 0.3) is 0 Å². The minimum atomic E-state index is 0.384. The highest BCUT2D eigenvalue weighted by Crippen LogP contribution is 2.41. The van der Waals surface area contributed by atoms with Crippen molar-refractivity contribution in [3.63, 3.8) is 0 Å². The first-order chi connectivity index (χ1) is 8.58. The number of rotatable bonds is 1. The molecule has 2 heteroatoms. The van der Waals surface area contributed by atoms with Crippen molar-refractivity contribution in [2.45, 2.75) is 39.2 Å². The molecular formula is C16H24N2. The largest absolute Gasteiger partial charge is 0.374 e. The molecule has 0 aromatic heterocycles. The molecule has 0 spiro atoms. The average molecular weight is 244 g/mol. The van der Waals surface area contributed by atoms with E-state index in [2.05, 4.69) is 49.3 Å². The van der Waals surface area contributed by atoms with Gasteiger partial charge < -0.3 is 10.2 Å². The van der Waals surface area contributed by atoms with Crippen LogP contribution in [0.2, 0.25) is 0 Å². The third-order valence-electron chi connectivity index (χ3n) is 4.69. The molecular weight excluding hydrogens is 220 g/mol. The monoisotopic (exact) mass is 244 g/mol. The van der Waals surface area contributed by atoms with Crippen molar-refractivity contribution in [3.8, 4) is 0 Å². The molecule has 0 radical (unpaired) electrons. The summed E-state index contributed by atoms with van der Waals surface area (Å²) in [6.45, 7) is 7.10. The molecule has 1 N–H and O–H groups in total. The molecule has 1 aromatic rings. The van der Waals surface area contributed by atoms with E-state index in [1.165, 1.54) is 42.6 Å². The van der Waals surface area contributed by atoms with Gasteiger partial charge in [0.15, 0.2) is 0 Å².